The Morgan fingerprint density at radius 3 is 2.90 bits per heavy atom. The van der Waals surface area contributed by atoms with Gasteiger partial charge < -0.3 is 0 Å². The Hall–Kier alpha value is -2.46. The first kappa shape index (κ1) is 14.0. The molecular weight excluding hydrogens is 281 g/mol. The lowest BCUT2D eigenvalue weighted by Crippen LogP contribution is -1.95. The number of benzene rings is 1. The summed E-state index contributed by atoms with van der Waals surface area (Å²) < 4.78 is 13.2. The Bertz CT molecular complexity index is 700. The van der Waals surface area contributed by atoms with Crippen molar-refractivity contribution in [3.63, 3.8) is 0 Å². The highest BCUT2D eigenvalue weighted by atomic mass is 32.2. The van der Waals surface area contributed by atoms with E-state index >= 15 is 0 Å². The maximum Gasteiger partial charge on any atom is 0.273 e. The van der Waals surface area contributed by atoms with Gasteiger partial charge in [0, 0.05) is 23.6 Å². The summed E-state index contributed by atoms with van der Waals surface area (Å²) in [6.45, 7) is 0. The normalized spacial score (nSPS) is 10.0. The third-order valence-electron chi connectivity index (χ3n) is 2.48. The van der Waals surface area contributed by atoms with Crippen LogP contribution in [0.25, 0.3) is 0 Å². The van der Waals surface area contributed by atoms with Gasteiger partial charge in [0.25, 0.3) is 5.69 Å². The number of nitrogens with zero attached hydrogens (tertiary/aromatic N) is 3. The number of pyridine rings is 1. The zero-order valence-corrected chi connectivity index (χ0v) is 10.9. The predicted molar refractivity (Wildman–Crippen MR) is 71.6 cm³/mol. The molecule has 0 unspecified atom stereocenters. The zero-order valence-electron chi connectivity index (χ0n) is 10.1. The molecule has 2 rings (SSSR count). The molecule has 1 aromatic carbocycles. The standard InChI is InChI=1S/C13H8FN3O2S/c14-11-1-2-12(17(18)19)10(6-11)8-20-13-5-9(7-15)3-4-16-13/h1-6H,8H2. The third kappa shape index (κ3) is 3.30. The maximum atomic E-state index is 13.2. The van der Waals surface area contributed by atoms with E-state index in [1.807, 2.05) is 6.07 Å². The minimum atomic E-state index is -0.547. The van der Waals surface area contributed by atoms with E-state index in [4.69, 9.17) is 5.26 Å². The largest absolute Gasteiger partial charge is 0.273 e. The number of hydrogen-bond donors (Lipinski definition) is 0. The van der Waals surface area contributed by atoms with Crippen molar-refractivity contribution in [2.24, 2.45) is 0 Å². The van der Waals surface area contributed by atoms with Crippen molar-refractivity contribution in [2.75, 3.05) is 0 Å². The van der Waals surface area contributed by atoms with Crippen LogP contribution in [-0.4, -0.2) is 9.91 Å². The first-order valence-electron chi connectivity index (χ1n) is 5.52. The van der Waals surface area contributed by atoms with Crippen LogP contribution in [0, 0.1) is 27.3 Å². The van der Waals surface area contributed by atoms with Gasteiger partial charge in [-0.15, -0.1) is 11.8 Å². The van der Waals surface area contributed by atoms with Crippen molar-refractivity contribution in [3.8, 4) is 6.07 Å². The molecule has 0 fully saturated rings. The zero-order chi connectivity index (χ0) is 14.5. The van der Waals surface area contributed by atoms with Crippen LogP contribution in [0.2, 0.25) is 0 Å². The lowest BCUT2D eigenvalue weighted by molar-refractivity contribution is -0.385. The maximum absolute atomic E-state index is 13.2. The first-order chi connectivity index (χ1) is 9.60. The van der Waals surface area contributed by atoms with Gasteiger partial charge >= 0.3 is 0 Å². The summed E-state index contributed by atoms with van der Waals surface area (Å²) in [4.78, 5) is 14.4. The molecule has 0 aliphatic carbocycles. The van der Waals surface area contributed by atoms with Crippen molar-refractivity contribution >= 4 is 17.4 Å². The highest BCUT2D eigenvalue weighted by Gasteiger charge is 2.14. The predicted octanol–water partition coefficient (Wildman–Crippen LogP) is 3.29. The number of aromatic nitrogens is 1. The Morgan fingerprint density at radius 2 is 2.20 bits per heavy atom. The van der Waals surface area contributed by atoms with E-state index in [0.717, 1.165) is 18.2 Å². The van der Waals surface area contributed by atoms with E-state index < -0.39 is 10.7 Å². The molecule has 0 N–H and O–H groups in total. The molecule has 1 heterocycles. The summed E-state index contributed by atoms with van der Waals surface area (Å²) in [5.74, 6) is -0.319. The summed E-state index contributed by atoms with van der Waals surface area (Å²) in [7, 11) is 0. The smallest absolute Gasteiger partial charge is 0.258 e. The molecule has 100 valence electrons. The fourth-order valence-electron chi connectivity index (χ4n) is 1.56. The van der Waals surface area contributed by atoms with E-state index in [-0.39, 0.29) is 17.0 Å². The number of rotatable bonds is 4. The summed E-state index contributed by atoms with van der Waals surface area (Å²) >= 11 is 1.21. The summed E-state index contributed by atoms with van der Waals surface area (Å²) in [5, 5.41) is 20.2. The monoisotopic (exact) mass is 289 g/mol. The van der Waals surface area contributed by atoms with Crippen molar-refractivity contribution in [3.05, 3.63) is 63.6 Å². The molecule has 0 aliphatic heterocycles. The highest BCUT2D eigenvalue weighted by Crippen LogP contribution is 2.27. The molecule has 0 spiro atoms. The quantitative estimate of drug-likeness (QED) is 0.490. The molecule has 0 saturated carbocycles. The van der Waals surface area contributed by atoms with Gasteiger partial charge in [0.15, 0.2) is 0 Å². The van der Waals surface area contributed by atoms with Gasteiger partial charge in [-0.05, 0) is 24.3 Å². The molecule has 5 nitrogen and oxygen atoms in total. The van der Waals surface area contributed by atoms with E-state index in [2.05, 4.69) is 4.98 Å². The molecule has 20 heavy (non-hydrogen) atoms. The van der Waals surface area contributed by atoms with Crippen molar-refractivity contribution in [2.45, 2.75) is 10.8 Å². The average molecular weight is 289 g/mol. The van der Waals surface area contributed by atoms with Gasteiger partial charge in [0.1, 0.15) is 5.82 Å². The molecule has 0 amide bonds. The average Bonchev–Trinajstić information content (AvgIpc) is 2.45. The third-order valence-corrected chi connectivity index (χ3v) is 3.45. The second-order valence-corrected chi connectivity index (χ2v) is 4.81. The molecule has 7 heteroatoms. The van der Waals surface area contributed by atoms with Crippen LogP contribution >= 0.6 is 11.8 Å². The molecule has 0 bridgehead atoms. The highest BCUT2D eigenvalue weighted by molar-refractivity contribution is 7.98. The number of halogens is 1. The number of nitro groups is 1. The van der Waals surface area contributed by atoms with E-state index in [1.165, 1.54) is 18.0 Å². The van der Waals surface area contributed by atoms with Gasteiger partial charge in [-0.25, -0.2) is 9.37 Å². The number of thioether (sulfide) groups is 1. The van der Waals surface area contributed by atoms with Gasteiger partial charge in [-0.3, -0.25) is 10.1 Å². The van der Waals surface area contributed by atoms with Crippen LogP contribution in [0.3, 0.4) is 0 Å². The molecule has 0 saturated heterocycles. The molecule has 0 aliphatic rings. The van der Waals surface area contributed by atoms with Crippen LogP contribution < -0.4 is 0 Å². The molecule has 2 aromatic rings. The summed E-state index contributed by atoms with van der Waals surface area (Å²) in [6.07, 6.45) is 1.49. The Labute approximate surface area is 118 Å². The SMILES string of the molecule is N#Cc1ccnc(SCc2cc(F)ccc2[N+](=O)[O-])c1. The van der Waals surface area contributed by atoms with E-state index in [0.29, 0.717) is 10.6 Å². The van der Waals surface area contributed by atoms with Crippen LogP contribution in [0.15, 0.2) is 41.6 Å². The lowest BCUT2D eigenvalue weighted by atomic mass is 10.2. The van der Waals surface area contributed by atoms with Crippen LogP contribution in [0.5, 0.6) is 0 Å². The van der Waals surface area contributed by atoms with Crippen LogP contribution in [-0.2, 0) is 5.75 Å². The first-order valence-corrected chi connectivity index (χ1v) is 6.50. The van der Waals surface area contributed by atoms with Gasteiger partial charge in [0.2, 0.25) is 0 Å². The van der Waals surface area contributed by atoms with Crippen molar-refractivity contribution in [1.29, 1.82) is 5.26 Å². The molecule has 1 aromatic heterocycles. The Morgan fingerprint density at radius 1 is 1.40 bits per heavy atom. The van der Waals surface area contributed by atoms with Gasteiger partial charge in [-0.2, -0.15) is 5.26 Å². The van der Waals surface area contributed by atoms with Gasteiger partial charge in [-0.1, -0.05) is 0 Å². The van der Waals surface area contributed by atoms with Crippen LogP contribution in [0.4, 0.5) is 10.1 Å². The van der Waals surface area contributed by atoms with Crippen molar-refractivity contribution in [1.82, 2.24) is 4.98 Å². The minimum Gasteiger partial charge on any atom is -0.258 e. The fourth-order valence-corrected chi connectivity index (χ4v) is 2.44. The molecular formula is C13H8FN3O2S. The van der Waals surface area contributed by atoms with E-state index in [9.17, 15) is 14.5 Å². The van der Waals surface area contributed by atoms with Crippen LogP contribution in [0.1, 0.15) is 11.1 Å². The number of nitriles is 1. The molecule has 0 atom stereocenters. The van der Waals surface area contributed by atoms with E-state index in [1.54, 1.807) is 12.1 Å². The molecule has 0 radical (unpaired) electrons. The topological polar surface area (TPSA) is 79.8 Å². The summed E-state index contributed by atoms with van der Waals surface area (Å²) in [6, 6.07) is 8.46. The fraction of sp³-hybridized carbons (Fsp3) is 0.0769. The second kappa shape index (κ2) is 6.12. The lowest BCUT2D eigenvalue weighted by Gasteiger charge is -2.03. The minimum absolute atomic E-state index is 0.129. The number of hydrogen-bond acceptors (Lipinski definition) is 5. The van der Waals surface area contributed by atoms with Crippen molar-refractivity contribution < 1.29 is 9.31 Å². The van der Waals surface area contributed by atoms with Gasteiger partial charge in [0.05, 0.1) is 21.6 Å². The second-order valence-electron chi connectivity index (χ2n) is 3.81. The summed E-state index contributed by atoms with van der Waals surface area (Å²) in [5.41, 5.74) is 0.607. The Kier molecular flexibility index (Phi) is 4.27. The Balaban J connectivity index is 2.20. The number of nitro benzene ring substituents is 1.